The van der Waals surface area contributed by atoms with E-state index in [1.54, 1.807) is 0 Å². The molecule has 134 valence electrons. The molecule has 0 aliphatic rings. The fraction of sp³-hybridized carbons (Fsp3) is 0.167. The summed E-state index contributed by atoms with van der Waals surface area (Å²) in [5.74, 6) is 1.73. The summed E-state index contributed by atoms with van der Waals surface area (Å²) >= 11 is 0. The van der Waals surface area contributed by atoms with Crippen LogP contribution in [0.25, 0.3) is 28.5 Å². The molecule has 4 aromatic rings. The Morgan fingerprint density at radius 2 is 0.963 bits per heavy atom. The Labute approximate surface area is 160 Å². The highest BCUT2D eigenvalue weighted by Crippen LogP contribution is 2.30. The number of hydrogen-bond donors (Lipinski definition) is 0. The van der Waals surface area contributed by atoms with Crippen molar-refractivity contribution in [2.24, 2.45) is 0 Å². The zero-order chi connectivity index (χ0) is 19.0. The third kappa shape index (κ3) is 3.41. The molecule has 0 amide bonds. The van der Waals surface area contributed by atoms with Crippen LogP contribution in [0.15, 0.2) is 66.7 Å². The number of aryl methyl sites for hydroxylation is 4. The molecule has 1 heterocycles. The molecule has 3 nitrogen and oxygen atoms in total. The Balaban J connectivity index is 2.00. The van der Waals surface area contributed by atoms with Gasteiger partial charge in [-0.25, -0.2) is 0 Å². The number of aromatic nitrogens is 3. The standard InChI is InChI=1S/C24H23N3/c1-16-10-17(2)13-20(12-16)23-25-26-24(21-14-18(3)11-19(4)15-21)27(23)22-8-6-5-7-9-22/h5-15H,1-4H3. The van der Waals surface area contributed by atoms with Gasteiger partial charge in [0.25, 0.3) is 0 Å². The number of nitrogens with zero attached hydrogens (tertiary/aromatic N) is 3. The van der Waals surface area contributed by atoms with E-state index in [1.165, 1.54) is 22.3 Å². The molecule has 0 N–H and O–H groups in total. The molecule has 0 aliphatic carbocycles. The summed E-state index contributed by atoms with van der Waals surface area (Å²) in [6, 6.07) is 23.4. The van der Waals surface area contributed by atoms with Gasteiger partial charge in [-0.3, -0.25) is 4.57 Å². The number of benzene rings is 3. The van der Waals surface area contributed by atoms with Gasteiger partial charge in [-0.05, 0) is 64.1 Å². The molecule has 0 unspecified atom stereocenters. The maximum absolute atomic E-state index is 4.59. The van der Waals surface area contributed by atoms with Gasteiger partial charge in [0.05, 0.1) is 0 Å². The van der Waals surface area contributed by atoms with Gasteiger partial charge >= 0.3 is 0 Å². The average molecular weight is 353 g/mol. The van der Waals surface area contributed by atoms with E-state index in [9.17, 15) is 0 Å². The van der Waals surface area contributed by atoms with Crippen LogP contribution in [0.3, 0.4) is 0 Å². The van der Waals surface area contributed by atoms with E-state index in [4.69, 9.17) is 0 Å². The summed E-state index contributed by atoms with van der Waals surface area (Å²) < 4.78 is 2.16. The van der Waals surface area contributed by atoms with Crippen LogP contribution in [-0.4, -0.2) is 14.8 Å². The molecule has 0 bridgehead atoms. The summed E-state index contributed by atoms with van der Waals surface area (Å²) in [7, 11) is 0. The summed E-state index contributed by atoms with van der Waals surface area (Å²) in [5.41, 5.74) is 8.12. The molecule has 0 radical (unpaired) electrons. The van der Waals surface area contributed by atoms with E-state index in [0.717, 1.165) is 28.5 Å². The lowest BCUT2D eigenvalue weighted by atomic mass is 10.1. The van der Waals surface area contributed by atoms with E-state index in [2.05, 4.69) is 91.0 Å². The van der Waals surface area contributed by atoms with Crippen molar-refractivity contribution >= 4 is 0 Å². The van der Waals surface area contributed by atoms with Gasteiger partial charge in [0.1, 0.15) is 0 Å². The first-order chi connectivity index (χ1) is 13.0. The van der Waals surface area contributed by atoms with Gasteiger partial charge in [0, 0.05) is 16.8 Å². The lowest BCUT2D eigenvalue weighted by Crippen LogP contribution is -2.01. The maximum atomic E-state index is 4.59. The Morgan fingerprint density at radius 1 is 0.556 bits per heavy atom. The first-order valence-corrected chi connectivity index (χ1v) is 9.19. The first kappa shape index (κ1) is 17.2. The monoisotopic (exact) mass is 353 g/mol. The van der Waals surface area contributed by atoms with Crippen molar-refractivity contribution in [2.45, 2.75) is 27.7 Å². The predicted molar refractivity (Wildman–Crippen MR) is 111 cm³/mol. The van der Waals surface area contributed by atoms with Crippen molar-refractivity contribution in [3.8, 4) is 28.5 Å². The molecular formula is C24H23N3. The van der Waals surface area contributed by atoms with Crippen LogP contribution in [0, 0.1) is 27.7 Å². The fourth-order valence-electron chi connectivity index (χ4n) is 3.69. The van der Waals surface area contributed by atoms with Crippen LogP contribution in [0.4, 0.5) is 0 Å². The third-order valence-corrected chi connectivity index (χ3v) is 4.64. The van der Waals surface area contributed by atoms with Crippen LogP contribution in [0.1, 0.15) is 22.3 Å². The van der Waals surface area contributed by atoms with Gasteiger partial charge in [-0.1, -0.05) is 52.6 Å². The van der Waals surface area contributed by atoms with E-state index >= 15 is 0 Å². The second-order valence-corrected chi connectivity index (χ2v) is 7.27. The molecule has 4 rings (SSSR count). The lowest BCUT2D eigenvalue weighted by molar-refractivity contribution is 1.07. The Kier molecular flexibility index (Phi) is 4.36. The van der Waals surface area contributed by atoms with Crippen molar-refractivity contribution in [3.05, 3.63) is 89.0 Å². The Hall–Kier alpha value is -3.20. The molecule has 0 spiro atoms. The van der Waals surface area contributed by atoms with E-state index in [-0.39, 0.29) is 0 Å². The molecule has 0 atom stereocenters. The molecule has 0 saturated carbocycles. The normalized spacial score (nSPS) is 11.0. The van der Waals surface area contributed by atoms with Gasteiger partial charge in [0.15, 0.2) is 11.6 Å². The Bertz CT molecular complexity index is 998. The Morgan fingerprint density at radius 3 is 1.37 bits per heavy atom. The SMILES string of the molecule is Cc1cc(C)cc(-c2nnc(-c3cc(C)cc(C)c3)n2-c2ccccc2)c1. The van der Waals surface area contributed by atoms with Crippen molar-refractivity contribution in [1.82, 2.24) is 14.8 Å². The second-order valence-electron chi connectivity index (χ2n) is 7.27. The summed E-state index contributed by atoms with van der Waals surface area (Å²) in [6.45, 7) is 8.46. The topological polar surface area (TPSA) is 30.7 Å². The number of hydrogen-bond acceptors (Lipinski definition) is 2. The van der Waals surface area contributed by atoms with E-state index in [0.29, 0.717) is 0 Å². The highest BCUT2D eigenvalue weighted by Gasteiger charge is 2.18. The van der Waals surface area contributed by atoms with Crippen LogP contribution in [-0.2, 0) is 0 Å². The molecule has 0 aliphatic heterocycles. The van der Waals surface area contributed by atoms with Crippen LogP contribution >= 0.6 is 0 Å². The third-order valence-electron chi connectivity index (χ3n) is 4.64. The van der Waals surface area contributed by atoms with Crippen LogP contribution in [0.5, 0.6) is 0 Å². The smallest absolute Gasteiger partial charge is 0.168 e. The molecule has 0 saturated heterocycles. The van der Waals surface area contributed by atoms with Crippen molar-refractivity contribution < 1.29 is 0 Å². The van der Waals surface area contributed by atoms with Crippen LogP contribution < -0.4 is 0 Å². The summed E-state index contributed by atoms with van der Waals surface area (Å²) in [4.78, 5) is 0. The van der Waals surface area contributed by atoms with Gasteiger partial charge in [0.2, 0.25) is 0 Å². The summed E-state index contributed by atoms with van der Waals surface area (Å²) in [5, 5.41) is 9.19. The molecular weight excluding hydrogens is 330 g/mol. The minimum atomic E-state index is 0.863. The predicted octanol–water partition coefficient (Wildman–Crippen LogP) is 5.83. The van der Waals surface area contributed by atoms with Crippen molar-refractivity contribution in [2.75, 3.05) is 0 Å². The largest absolute Gasteiger partial charge is 0.275 e. The van der Waals surface area contributed by atoms with Gasteiger partial charge in [-0.15, -0.1) is 10.2 Å². The molecule has 1 aromatic heterocycles. The second kappa shape index (κ2) is 6.84. The molecule has 3 aromatic carbocycles. The average Bonchev–Trinajstić information content (AvgIpc) is 3.06. The fourth-order valence-corrected chi connectivity index (χ4v) is 3.69. The highest BCUT2D eigenvalue weighted by atomic mass is 15.3. The molecule has 27 heavy (non-hydrogen) atoms. The summed E-state index contributed by atoms with van der Waals surface area (Å²) in [6.07, 6.45) is 0. The highest BCUT2D eigenvalue weighted by molar-refractivity contribution is 5.68. The lowest BCUT2D eigenvalue weighted by Gasteiger charge is -2.12. The first-order valence-electron chi connectivity index (χ1n) is 9.19. The molecule has 3 heteroatoms. The number of rotatable bonds is 3. The van der Waals surface area contributed by atoms with Crippen molar-refractivity contribution in [1.29, 1.82) is 0 Å². The minimum Gasteiger partial charge on any atom is -0.275 e. The van der Waals surface area contributed by atoms with E-state index in [1.807, 2.05) is 18.2 Å². The quantitative estimate of drug-likeness (QED) is 0.463. The minimum absolute atomic E-state index is 0.863. The van der Waals surface area contributed by atoms with E-state index < -0.39 is 0 Å². The maximum Gasteiger partial charge on any atom is 0.168 e. The van der Waals surface area contributed by atoms with Gasteiger partial charge < -0.3 is 0 Å². The number of para-hydroxylation sites is 1. The molecule has 0 fully saturated rings. The zero-order valence-electron chi connectivity index (χ0n) is 16.2. The van der Waals surface area contributed by atoms with Crippen LogP contribution in [0.2, 0.25) is 0 Å². The van der Waals surface area contributed by atoms with Crippen molar-refractivity contribution in [3.63, 3.8) is 0 Å². The zero-order valence-corrected chi connectivity index (χ0v) is 16.2. The van der Waals surface area contributed by atoms with Gasteiger partial charge in [-0.2, -0.15) is 0 Å².